The lowest BCUT2D eigenvalue weighted by molar-refractivity contribution is 0.0595. The number of carbonyl (C=O) groups is 1. The van der Waals surface area contributed by atoms with Crippen LogP contribution < -0.4 is 0 Å². The number of esters is 1. The Morgan fingerprint density at radius 1 is 1.32 bits per heavy atom. The van der Waals surface area contributed by atoms with Crippen LogP contribution in [0.1, 0.15) is 16.1 Å². The van der Waals surface area contributed by atoms with Gasteiger partial charge in [-0.3, -0.25) is 0 Å². The number of aromatic nitrogens is 1. The molecule has 2 aromatic rings. The fraction of sp³-hybridized carbons (Fsp3) is 0.0714. The molecule has 0 bridgehead atoms. The number of ether oxygens (including phenoxy) is 1. The van der Waals surface area contributed by atoms with Crippen LogP contribution >= 0.6 is 0 Å². The van der Waals surface area contributed by atoms with Crippen LogP contribution in [0.5, 0.6) is 0 Å². The third-order valence-electron chi connectivity index (χ3n) is 2.67. The zero-order valence-electron chi connectivity index (χ0n) is 10.1. The smallest absolute Gasteiger partial charge is 0.355 e. The Labute approximate surface area is 109 Å². The number of benzene rings is 1. The second-order valence-corrected chi connectivity index (χ2v) is 3.73. The van der Waals surface area contributed by atoms with E-state index < -0.39 is 5.97 Å². The number of para-hydroxylation sites is 1. The minimum atomic E-state index is -0.544. The predicted octanol–water partition coefficient (Wildman–Crippen LogP) is 2.39. The zero-order valence-corrected chi connectivity index (χ0v) is 10.1. The molecule has 0 saturated heterocycles. The Hall–Kier alpha value is -3.05. The highest BCUT2D eigenvalue weighted by molar-refractivity contribution is 6.03. The van der Waals surface area contributed by atoms with Crippen molar-refractivity contribution in [3.8, 4) is 12.1 Å². The number of nitriles is 2. The summed E-state index contributed by atoms with van der Waals surface area (Å²) in [6.45, 7) is 0. The molecule has 2 rings (SSSR count). The maximum atomic E-state index is 11.7. The molecule has 1 aromatic heterocycles. The molecule has 0 aliphatic heterocycles. The van der Waals surface area contributed by atoms with Crippen molar-refractivity contribution in [2.45, 2.75) is 0 Å². The van der Waals surface area contributed by atoms with Crippen molar-refractivity contribution in [2.75, 3.05) is 7.11 Å². The van der Waals surface area contributed by atoms with Gasteiger partial charge in [-0.05, 0) is 12.1 Å². The van der Waals surface area contributed by atoms with E-state index in [2.05, 4.69) is 4.98 Å². The number of carbonyl (C=O) groups excluding carboxylic acids is 1. The molecule has 0 spiro atoms. The number of nitrogens with zero attached hydrogens (tertiary/aromatic N) is 2. The number of fused-ring (bicyclic) bond motifs is 1. The van der Waals surface area contributed by atoms with Crippen molar-refractivity contribution in [3.63, 3.8) is 0 Å². The lowest BCUT2D eigenvalue weighted by atomic mass is 10.1. The quantitative estimate of drug-likeness (QED) is 0.655. The minimum absolute atomic E-state index is 0.0742. The first-order chi connectivity index (χ1) is 9.21. The second kappa shape index (κ2) is 5.07. The molecular formula is C14H9N3O2. The molecule has 0 unspecified atom stereocenters. The van der Waals surface area contributed by atoms with Crippen LogP contribution in [-0.2, 0) is 4.74 Å². The fourth-order valence-corrected chi connectivity index (χ4v) is 1.81. The molecule has 0 amide bonds. The van der Waals surface area contributed by atoms with Gasteiger partial charge in [0, 0.05) is 16.5 Å². The van der Waals surface area contributed by atoms with Crippen LogP contribution in [0.15, 0.2) is 29.8 Å². The topological polar surface area (TPSA) is 89.7 Å². The summed E-state index contributed by atoms with van der Waals surface area (Å²) < 4.78 is 4.69. The molecule has 0 radical (unpaired) electrons. The minimum Gasteiger partial charge on any atom is -0.464 e. The van der Waals surface area contributed by atoms with Crippen molar-refractivity contribution in [2.24, 2.45) is 0 Å². The molecule has 1 heterocycles. The van der Waals surface area contributed by atoms with Crippen molar-refractivity contribution in [1.82, 2.24) is 4.98 Å². The number of H-pyrrole nitrogens is 1. The van der Waals surface area contributed by atoms with E-state index in [-0.39, 0.29) is 11.3 Å². The average molecular weight is 251 g/mol. The molecule has 5 nitrogen and oxygen atoms in total. The summed E-state index contributed by atoms with van der Waals surface area (Å²) in [5.74, 6) is -0.544. The van der Waals surface area contributed by atoms with Gasteiger partial charge in [-0.25, -0.2) is 4.79 Å². The largest absolute Gasteiger partial charge is 0.464 e. The molecule has 1 N–H and O–H groups in total. The highest BCUT2D eigenvalue weighted by atomic mass is 16.5. The molecule has 0 aliphatic rings. The first-order valence-electron chi connectivity index (χ1n) is 5.42. The molecule has 0 fully saturated rings. The summed E-state index contributed by atoms with van der Waals surface area (Å²) in [5.41, 5.74) is 1.38. The maximum absolute atomic E-state index is 11.7. The summed E-state index contributed by atoms with van der Waals surface area (Å²) in [6.07, 6.45) is 1.38. The van der Waals surface area contributed by atoms with E-state index >= 15 is 0 Å². The fourth-order valence-electron chi connectivity index (χ4n) is 1.81. The molecule has 0 saturated carbocycles. The second-order valence-electron chi connectivity index (χ2n) is 3.73. The predicted molar refractivity (Wildman–Crippen MR) is 68.8 cm³/mol. The number of nitrogens with one attached hydrogen (secondary N) is 1. The van der Waals surface area contributed by atoms with Gasteiger partial charge in [0.2, 0.25) is 0 Å². The van der Waals surface area contributed by atoms with Crippen LogP contribution in [0.3, 0.4) is 0 Å². The van der Waals surface area contributed by atoms with Crippen LogP contribution in [0.4, 0.5) is 0 Å². The van der Waals surface area contributed by atoms with E-state index in [1.807, 2.05) is 12.1 Å². The van der Waals surface area contributed by atoms with E-state index in [4.69, 9.17) is 15.3 Å². The average Bonchev–Trinajstić information content (AvgIpc) is 2.82. The van der Waals surface area contributed by atoms with Gasteiger partial charge in [0.25, 0.3) is 0 Å². The Bertz CT molecular complexity index is 741. The first-order valence-corrected chi connectivity index (χ1v) is 5.42. The molecule has 92 valence electrons. The van der Waals surface area contributed by atoms with Crippen LogP contribution in [0.2, 0.25) is 0 Å². The van der Waals surface area contributed by atoms with Crippen LogP contribution in [-0.4, -0.2) is 18.1 Å². The van der Waals surface area contributed by atoms with Crippen molar-refractivity contribution in [1.29, 1.82) is 10.5 Å². The Balaban J connectivity index is 2.76. The molecule has 1 aromatic carbocycles. The normalized spacial score (nSPS) is 9.42. The lowest BCUT2D eigenvalue weighted by Gasteiger charge is -1.97. The Kier molecular flexibility index (Phi) is 3.31. The third-order valence-corrected chi connectivity index (χ3v) is 2.67. The van der Waals surface area contributed by atoms with Gasteiger partial charge in [-0.1, -0.05) is 18.2 Å². The van der Waals surface area contributed by atoms with Crippen molar-refractivity contribution < 1.29 is 9.53 Å². The number of hydrogen-bond donors (Lipinski definition) is 1. The van der Waals surface area contributed by atoms with E-state index in [0.717, 1.165) is 10.9 Å². The standard InChI is InChI=1S/C14H9N3O2/c1-19-14(18)13-11(6-9(7-15)8-16)10-4-2-3-5-12(10)17-13/h2-6,17H,1H3. The summed E-state index contributed by atoms with van der Waals surface area (Å²) in [6, 6.07) is 10.8. The van der Waals surface area contributed by atoms with Gasteiger partial charge >= 0.3 is 5.97 Å². The number of allylic oxidation sites excluding steroid dienone is 1. The van der Waals surface area contributed by atoms with Gasteiger partial charge in [-0.2, -0.15) is 10.5 Å². The highest BCUT2D eigenvalue weighted by Crippen LogP contribution is 2.25. The number of rotatable bonds is 2. The SMILES string of the molecule is COC(=O)c1[nH]c2ccccc2c1C=C(C#N)C#N. The third kappa shape index (κ3) is 2.18. The zero-order chi connectivity index (χ0) is 13.8. The molecular weight excluding hydrogens is 242 g/mol. The number of hydrogen-bond acceptors (Lipinski definition) is 4. The van der Waals surface area contributed by atoms with Gasteiger partial charge in [0.05, 0.1) is 7.11 Å². The van der Waals surface area contributed by atoms with E-state index in [9.17, 15) is 4.79 Å². The van der Waals surface area contributed by atoms with Crippen LogP contribution in [0, 0.1) is 22.7 Å². The molecule has 0 aliphatic carbocycles. The monoisotopic (exact) mass is 251 g/mol. The van der Waals surface area contributed by atoms with Gasteiger partial charge < -0.3 is 9.72 Å². The van der Waals surface area contributed by atoms with Gasteiger partial charge in [0.15, 0.2) is 0 Å². The summed E-state index contributed by atoms with van der Waals surface area (Å²) in [5, 5.41) is 18.4. The number of aromatic amines is 1. The van der Waals surface area contributed by atoms with E-state index in [0.29, 0.717) is 5.56 Å². The van der Waals surface area contributed by atoms with Crippen LogP contribution in [0.25, 0.3) is 17.0 Å². The molecule has 5 heteroatoms. The first kappa shape index (κ1) is 12.4. The highest BCUT2D eigenvalue weighted by Gasteiger charge is 2.17. The summed E-state index contributed by atoms with van der Waals surface area (Å²) >= 11 is 0. The summed E-state index contributed by atoms with van der Waals surface area (Å²) in [7, 11) is 1.27. The van der Waals surface area contributed by atoms with Crippen molar-refractivity contribution in [3.05, 3.63) is 41.1 Å². The number of methoxy groups -OCH3 is 1. The molecule has 0 atom stereocenters. The Morgan fingerprint density at radius 3 is 2.63 bits per heavy atom. The lowest BCUT2D eigenvalue weighted by Crippen LogP contribution is -2.03. The maximum Gasteiger partial charge on any atom is 0.355 e. The van der Waals surface area contributed by atoms with Crippen molar-refractivity contribution >= 4 is 22.9 Å². The van der Waals surface area contributed by atoms with E-state index in [1.54, 1.807) is 24.3 Å². The van der Waals surface area contributed by atoms with Gasteiger partial charge in [-0.15, -0.1) is 0 Å². The molecule has 19 heavy (non-hydrogen) atoms. The van der Waals surface area contributed by atoms with E-state index in [1.165, 1.54) is 13.2 Å². The van der Waals surface area contributed by atoms with Gasteiger partial charge in [0.1, 0.15) is 23.4 Å². The Morgan fingerprint density at radius 2 is 2.00 bits per heavy atom. The summed E-state index contributed by atoms with van der Waals surface area (Å²) in [4.78, 5) is 14.6.